The van der Waals surface area contributed by atoms with Crippen molar-refractivity contribution in [2.75, 3.05) is 59.3 Å². The van der Waals surface area contributed by atoms with Gasteiger partial charge in [-0.25, -0.2) is 0 Å². The lowest BCUT2D eigenvalue weighted by Crippen LogP contribution is -2.32. The lowest BCUT2D eigenvalue weighted by atomic mass is 10.3. The van der Waals surface area contributed by atoms with Crippen LogP contribution >= 0.6 is 0 Å². The second-order valence-corrected chi connectivity index (χ2v) is 4.72. The van der Waals surface area contributed by atoms with Crippen LogP contribution in [0, 0.1) is 0 Å². The molecule has 0 rings (SSSR count). The molecule has 0 aliphatic carbocycles. The van der Waals surface area contributed by atoms with E-state index >= 15 is 0 Å². The van der Waals surface area contributed by atoms with E-state index in [4.69, 9.17) is 40.9 Å². The Morgan fingerprint density at radius 1 is 0.667 bits per heavy atom. The Balaban J connectivity index is -0.000000123. The summed E-state index contributed by atoms with van der Waals surface area (Å²) in [6.07, 6.45) is -0.426. The molecule has 0 saturated carbocycles. The van der Waals surface area contributed by atoms with Crippen molar-refractivity contribution in [3.05, 3.63) is 0 Å². The number of aliphatic hydroxyl groups is 8. The van der Waals surface area contributed by atoms with E-state index in [2.05, 4.69) is 0 Å². The first kappa shape index (κ1) is 31.4. The van der Waals surface area contributed by atoms with Gasteiger partial charge in [-0.1, -0.05) is 0 Å². The molecule has 0 aromatic carbocycles. The number of hydrogen-bond acceptors (Lipinski definition) is 9. The van der Waals surface area contributed by atoms with Crippen LogP contribution in [-0.4, -0.2) is 117 Å². The molecular weight excluding hydrogens is 322 g/mol. The molecule has 0 heterocycles. The highest BCUT2D eigenvalue weighted by molar-refractivity contribution is 4.54. The number of hydrogen-bond donors (Lipinski definition) is 8. The molecule has 0 fully saturated rings. The maximum absolute atomic E-state index is 8.48. The summed E-state index contributed by atoms with van der Waals surface area (Å²) in [5.74, 6) is 0. The molecule has 0 aliphatic rings. The lowest BCUT2D eigenvalue weighted by molar-refractivity contribution is 0.110. The van der Waals surface area contributed by atoms with Gasteiger partial charge in [-0.3, -0.25) is 4.90 Å². The molecule has 0 aromatic heterocycles. The molecule has 0 aromatic rings. The molecule has 0 amide bonds. The Hall–Kier alpha value is -0.360. The van der Waals surface area contributed by atoms with Crippen LogP contribution in [0.25, 0.3) is 0 Å². The molecule has 24 heavy (non-hydrogen) atoms. The third-order valence-corrected chi connectivity index (χ3v) is 2.06. The fraction of sp³-hybridized carbons (Fsp3) is 1.00. The van der Waals surface area contributed by atoms with Gasteiger partial charge in [-0.05, 0) is 27.2 Å². The summed E-state index contributed by atoms with van der Waals surface area (Å²) >= 11 is 0. The van der Waals surface area contributed by atoms with Crippen LogP contribution in [0.2, 0.25) is 0 Å². The van der Waals surface area contributed by atoms with Crippen molar-refractivity contribution < 1.29 is 40.9 Å². The van der Waals surface area contributed by atoms with Crippen molar-refractivity contribution in [3.63, 3.8) is 0 Å². The van der Waals surface area contributed by atoms with Crippen LogP contribution in [0.1, 0.15) is 27.2 Å². The Labute approximate surface area is 145 Å². The summed E-state index contributed by atoms with van der Waals surface area (Å²) in [6.45, 7) is 6.80. The van der Waals surface area contributed by atoms with Gasteiger partial charge in [-0.2, -0.15) is 0 Å². The van der Waals surface area contributed by atoms with E-state index < -0.39 is 6.10 Å². The molecule has 8 N–H and O–H groups in total. The normalized spacial score (nSPS) is 12.0. The maximum Gasteiger partial charge on any atom is 0.0742 e. The van der Waals surface area contributed by atoms with Gasteiger partial charge in [0.15, 0.2) is 0 Å². The predicted octanol–water partition coefficient (Wildman–Crippen LogP) is -2.63. The quantitative estimate of drug-likeness (QED) is 0.219. The molecule has 2 atom stereocenters. The number of rotatable bonds is 9. The third-order valence-electron chi connectivity index (χ3n) is 2.06. The van der Waals surface area contributed by atoms with Crippen LogP contribution < -0.4 is 0 Å². The summed E-state index contributed by atoms with van der Waals surface area (Å²) in [5.41, 5.74) is 0. The fourth-order valence-electron chi connectivity index (χ4n) is 0.947. The highest BCUT2D eigenvalue weighted by Crippen LogP contribution is 1.84. The van der Waals surface area contributed by atoms with Gasteiger partial charge < -0.3 is 40.9 Å². The average molecular weight is 361 g/mol. The van der Waals surface area contributed by atoms with E-state index in [-0.39, 0.29) is 45.7 Å². The molecule has 0 spiro atoms. The first-order valence-electron chi connectivity index (χ1n) is 8.04. The molecule has 0 bridgehead atoms. The van der Waals surface area contributed by atoms with E-state index in [9.17, 15) is 0 Å². The molecule has 0 radical (unpaired) electrons. The summed E-state index contributed by atoms with van der Waals surface area (Å²) in [4.78, 5) is 1.79. The van der Waals surface area contributed by atoms with Gasteiger partial charge in [0, 0.05) is 32.8 Å². The van der Waals surface area contributed by atoms with Crippen molar-refractivity contribution in [2.24, 2.45) is 0 Å². The van der Waals surface area contributed by atoms with E-state index in [0.29, 0.717) is 26.1 Å². The summed E-state index contributed by atoms with van der Waals surface area (Å²) < 4.78 is 0. The topological polar surface area (TPSA) is 165 Å². The average Bonchev–Trinajstić information content (AvgIpc) is 2.50. The highest BCUT2D eigenvalue weighted by atomic mass is 16.3. The zero-order valence-corrected chi connectivity index (χ0v) is 15.3. The Morgan fingerprint density at radius 2 is 0.958 bits per heavy atom. The van der Waals surface area contributed by atoms with Crippen LogP contribution in [-0.2, 0) is 0 Å². The minimum Gasteiger partial charge on any atom is -0.397 e. The van der Waals surface area contributed by atoms with E-state index in [1.54, 1.807) is 18.7 Å². The van der Waals surface area contributed by atoms with Gasteiger partial charge in [0.25, 0.3) is 0 Å². The van der Waals surface area contributed by atoms with Crippen molar-refractivity contribution in [3.8, 4) is 0 Å². The second kappa shape index (κ2) is 30.5. The summed E-state index contributed by atoms with van der Waals surface area (Å²) in [5, 5.41) is 65.5. The van der Waals surface area contributed by atoms with Gasteiger partial charge in [-0.15, -0.1) is 0 Å². The molecule has 0 saturated heterocycles. The minimum absolute atomic E-state index is 0.0694. The smallest absolute Gasteiger partial charge is 0.0742 e. The largest absolute Gasteiger partial charge is 0.397 e. The van der Waals surface area contributed by atoms with E-state index in [1.807, 2.05) is 0 Å². The Morgan fingerprint density at radius 3 is 1.04 bits per heavy atom. The molecule has 2 unspecified atom stereocenters. The first-order chi connectivity index (χ1) is 11.3. The summed E-state index contributed by atoms with van der Waals surface area (Å²) in [7, 11) is 0. The second-order valence-electron chi connectivity index (χ2n) is 4.72. The summed E-state index contributed by atoms with van der Waals surface area (Å²) in [6, 6.07) is 0. The van der Waals surface area contributed by atoms with Crippen molar-refractivity contribution in [1.82, 2.24) is 4.90 Å². The Kier molecular flexibility index (Phi) is 39.9. The van der Waals surface area contributed by atoms with E-state index in [0.717, 1.165) is 0 Å². The molecule has 0 aliphatic heterocycles. The maximum atomic E-state index is 8.48. The van der Waals surface area contributed by atoms with Crippen molar-refractivity contribution in [1.29, 1.82) is 0 Å². The molecule has 9 nitrogen and oxygen atoms in total. The highest BCUT2D eigenvalue weighted by Gasteiger charge is 2.00. The molecular formula is C15H39NO8. The zero-order chi connectivity index (χ0) is 19.8. The van der Waals surface area contributed by atoms with Gasteiger partial charge in [0.2, 0.25) is 0 Å². The van der Waals surface area contributed by atoms with Gasteiger partial charge >= 0.3 is 0 Å². The SMILES string of the molecule is CC(O)CCO.CC(O)CO.CCO.OCCN(CCO)CCO. The first-order valence-corrected chi connectivity index (χ1v) is 8.04. The van der Waals surface area contributed by atoms with Crippen molar-refractivity contribution >= 4 is 0 Å². The minimum atomic E-state index is -0.560. The van der Waals surface area contributed by atoms with Gasteiger partial charge in [0.05, 0.1) is 38.6 Å². The standard InChI is InChI=1S/C6H15NO3.C4H10O2.C3H8O2.C2H6O/c8-4-1-7(2-5-9)3-6-10;1-4(6)2-3-5;1-3(5)2-4;1-2-3/h8-10H,1-6H2;4-6H,2-3H2,1H3;3-5H,2H2,1H3;3H,2H2,1H3. The molecule has 9 heteroatoms. The zero-order valence-electron chi connectivity index (χ0n) is 15.3. The van der Waals surface area contributed by atoms with E-state index in [1.165, 1.54) is 6.92 Å². The van der Waals surface area contributed by atoms with Crippen LogP contribution in [0.4, 0.5) is 0 Å². The van der Waals surface area contributed by atoms with Crippen LogP contribution in [0.15, 0.2) is 0 Å². The predicted molar refractivity (Wildman–Crippen MR) is 92.6 cm³/mol. The fourth-order valence-corrected chi connectivity index (χ4v) is 0.947. The van der Waals surface area contributed by atoms with Gasteiger partial charge in [0.1, 0.15) is 0 Å². The van der Waals surface area contributed by atoms with Crippen molar-refractivity contribution in [2.45, 2.75) is 39.4 Å². The van der Waals surface area contributed by atoms with Crippen LogP contribution in [0.5, 0.6) is 0 Å². The van der Waals surface area contributed by atoms with Crippen LogP contribution in [0.3, 0.4) is 0 Å². The lowest BCUT2D eigenvalue weighted by Gasteiger charge is -2.17. The third kappa shape index (κ3) is 49.6. The number of aliphatic hydroxyl groups excluding tert-OH is 8. The molecule has 152 valence electrons. The monoisotopic (exact) mass is 361 g/mol. The Bertz CT molecular complexity index is 171. The number of nitrogens with zero attached hydrogens (tertiary/aromatic N) is 1.